The van der Waals surface area contributed by atoms with Gasteiger partial charge in [0.05, 0.1) is 5.25 Å². The van der Waals surface area contributed by atoms with Crippen LogP contribution in [0, 0.1) is 11.8 Å². The predicted octanol–water partition coefficient (Wildman–Crippen LogP) is 4.48. The summed E-state index contributed by atoms with van der Waals surface area (Å²) in [6, 6.07) is 0. The Bertz CT molecular complexity index is 459. The quantitative estimate of drug-likeness (QED) is 0.586. The first-order chi connectivity index (χ1) is 9.75. The van der Waals surface area contributed by atoms with Crippen LogP contribution < -0.4 is 0 Å². The summed E-state index contributed by atoms with van der Waals surface area (Å²) in [5.41, 5.74) is 0. The Kier molecular flexibility index (Phi) is 6.32. The zero-order chi connectivity index (χ0) is 17.3. The molecular weight excluding hydrogens is 316 g/mol. The Labute approximate surface area is 137 Å². The van der Waals surface area contributed by atoms with Crippen LogP contribution in [0.5, 0.6) is 0 Å². The van der Waals surface area contributed by atoms with Gasteiger partial charge in [0.25, 0.3) is 10.1 Å². The third-order valence-electron chi connectivity index (χ3n) is 5.90. The highest BCUT2D eigenvalue weighted by atomic mass is 32.2. The van der Waals surface area contributed by atoms with Gasteiger partial charge in [-0.15, -0.1) is 0 Å². The molecular formula is C16H34O4SSi. The maximum Gasteiger partial charge on any atom is 0.267 e. The molecule has 2 unspecified atom stereocenters. The second-order valence-electron chi connectivity index (χ2n) is 8.48. The van der Waals surface area contributed by atoms with Crippen LogP contribution in [0.4, 0.5) is 0 Å². The van der Waals surface area contributed by atoms with Crippen molar-refractivity contribution >= 4 is 18.4 Å². The molecule has 6 heteroatoms. The van der Waals surface area contributed by atoms with E-state index in [2.05, 4.69) is 40.8 Å². The molecule has 4 nitrogen and oxygen atoms in total. The Morgan fingerprint density at radius 1 is 1.05 bits per heavy atom. The predicted molar refractivity (Wildman–Crippen MR) is 94.2 cm³/mol. The van der Waals surface area contributed by atoms with E-state index in [-0.39, 0.29) is 17.1 Å². The Morgan fingerprint density at radius 2 is 1.45 bits per heavy atom. The Balaban J connectivity index is 2.58. The minimum atomic E-state index is -3.91. The summed E-state index contributed by atoms with van der Waals surface area (Å²) in [6.45, 7) is 15.1. The van der Waals surface area contributed by atoms with E-state index in [0.29, 0.717) is 5.92 Å². The van der Waals surface area contributed by atoms with E-state index >= 15 is 0 Å². The summed E-state index contributed by atoms with van der Waals surface area (Å²) in [4.78, 5) is 0. The molecule has 0 saturated heterocycles. The number of hydrogen-bond donors (Lipinski definition) is 1. The van der Waals surface area contributed by atoms with Gasteiger partial charge in [0.2, 0.25) is 0 Å². The van der Waals surface area contributed by atoms with Crippen LogP contribution in [0.1, 0.15) is 60.3 Å². The molecule has 1 saturated carbocycles. The smallest absolute Gasteiger partial charge is 0.267 e. The molecule has 1 rings (SSSR count). The lowest BCUT2D eigenvalue weighted by Crippen LogP contribution is -2.45. The summed E-state index contributed by atoms with van der Waals surface area (Å²) in [6.07, 6.45) is 3.91. The fraction of sp³-hybridized carbons (Fsp3) is 1.00. The second kappa shape index (κ2) is 6.91. The van der Waals surface area contributed by atoms with Crippen LogP contribution in [-0.4, -0.2) is 32.6 Å². The number of rotatable bonds is 5. The molecule has 0 aromatic heterocycles. The van der Waals surface area contributed by atoms with Crippen LogP contribution in [0.25, 0.3) is 0 Å². The minimum Gasteiger partial charge on any atom is -0.414 e. The molecule has 1 N–H and O–H groups in total. The van der Waals surface area contributed by atoms with Crippen molar-refractivity contribution in [1.82, 2.24) is 0 Å². The van der Waals surface area contributed by atoms with E-state index in [1.807, 2.05) is 0 Å². The molecule has 0 aliphatic heterocycles. The molecule has 0 radical (unpaired) electrons. The highest BCUT2D eigenvalue weighted by molar-refractivity contribution is 7.86. The molecule has 2 atom stereocenters. The number of hydrogen-bond acceptors (Lipinski definition) is 3. The van der Waals surface area contributed by atoms with Crippen molar-refractivity contribution in [1.29, 1.82) is 0 Å². The van der Waals surface area contributed by atoms with Gasteiger partial charge in [-0.3, -0.25) is 4.55 Å². The first kappa shape index (κ1) is 20.1. The summed E-state index contributed by atoms with van der Waals surface area (Å²) >= 11 is 0. The fourth-order valence-corrected chi connectivity index (χ4v) is 5.30. The van der Waals surface area contributed by atoms with Gasteiger partial charge in [0.15, 0.2) is 8.32 Å². The molecule has 0 bridgehead atoms. The van der Waals surface area contributed by atoms with Crippen molar-refractivity contribution in [3.8, 4) is 0 Å². The summed E-state index contributed by atoms with van der Waals surface area (Å²) in [5.74, 6) is 0.574. The molecule has 22 heavy (non-hydrogen) atoms. The second-order valence-corrected chi connectivity index (χ2v) is 15.0. The van der Waals surface area contributed by atoms with Crippen LogP contribution in [0.2, 0.25) is 18.1 Å². The lowest BCUT2D eigenvalue weighted by atomic mass is 9.78. The highest BCUT2D eigenvalue weighted by Crippen LogP contribution is 2.41. The first-order valence-corrected chi connectivity index (χ1v) is 12.8. The average Bonchev–Trinajstić information content (AvgIpc) is 2.35. The van der Waals surface area contributed by atoms with Gasteiger partial charge in [-0.25, -0.2) is 0 Å². The van der Waals surface area contributed by atoms with Crippen molar-refractivity contribution in [2.24, 2.45) is 11.8 Å². The van der Waals surface area contributed by atoms with Gasteiger partial charge in [-0.2, -0.15) is 8.42 Å². The van der Waals surface area contributed by atoms with E-state index in [9.17, 15) is 13.0 Å². The zero-order valence-electron chi connectivity index (χ0n) is 15.2. The molecule has 0 spiro atoms. The van der Waals surface area contributed by atoms with Gasteiger partial charge in [-0.1, -0.05) is 20.8 Å². The lowest BCUT2D eigenvalue weighted by Gasteiger charge is -2.42. The van der Waals surface area contributed by atoms with Crippen molar-refractivity contribution in [3.63, 3.8) is 0 Å². The molecule has 0 aromatic carbocycles. The maximum absolute atomic E-state index is 11.3. The fourth-order valence-electron chi connectivity index (χ4n) is 3.06. The Morgan fingerprint density at radius 3 is 1.82 bits per heavy atom. The molecule has 0 heterocycles. The van der Waals surface area contributed by atoms with E-state index in [0.717, 1.165) is 25.7 Å². The van der Waals surface area contributed by atoms with Gasteiger partial charge in [-0.05, 0) is 69.5 Å². The molecule has 1 aliphatic rings. The van der Waals surface area contributed by atoms with Gasteiger partial charge < -0.3 is 4.43 Å². The SMILES string of the molecule is CC(O[Si](C)(C)C(C)(C)C)C1CCC(C(C)S(=O)(=O)O)CC1. The highest BCUT2D eigenvalue weighted by Gasteiger charge is 2.40. The third kappa shape index (κ3) is 5.04. The van der Waals surface area contributed by atoms with Gasteiger partial charge in [0.1, 0.15) is 0 Å². The van der Waals surface area contributed by atoms with Crippen molar-refractivity contribution in [3.05, 3.63) is 0 Å². The van der Waals surface area contributed by atoms with Gasteiger partial charge >= 0.3 is 0 Å². The van der Waals surface area contributed by atoms with Crippen molar-refractivity contribution in [2.45, 2.75) is 89.8 Å². The van der Waals surface area contributed by atoms with Crippen molar-refractivity contribution < 1.29 is 17.4 Å². The van der Waals surface area contributed by atoms with Crippen LogP contribution >= 0.6 is 0 Å². The zero-order valence-corrected chi connectivity index (χ0v) is 17.0. The molecule has 1 fully saturated rings. The van der Waals surface area contributed by atoms with Crippen molar-refractivity contribution in [2.75, 3.05) is 0 Å². The van der Waals surface area contributed by atoms with Gasteiger partial charge in [0, 0.05) is 6.10 Å². The first-order valence-electron chi connectivity index (χ1n) is 8.40. The summed E-state index contributed by atoms with van der Waals surface area (Å²) in [5, 5.41) is -0.442. The van der Waals surface area contributed by atoms with Crippen LogP contribution in [-0.2, 0) is 14.5 Å². The van der Waals surface area contributed by atoms with E-state index in [1.54, 1.807) is 6.92 Å². The van der Waals surface area contributed by atoms with Crippen LogP contribution in [0.3, 0.4) is 0 Å². The molecule has 0 amide bonds. The normalized spacial score (nSPS) is 27.5. The standard InChI is InChI=1S/C16H34O4SSi/c1-12(20-22(6,7)16(3,4)5)14-8-10-15(11-9-14)13(2)21(17,18)19/h12-15H,8-11H2,1-7H3,(H,17,18,19). The third-order valence-corrected chi connectivity index (χ3v) is 11.8. The largest absolute Gasteiger partial charge is 0.414 e. The monoisotopic (exact) mass is 350 g/mol. The average molecular weight is 351 g/mol. The maximum atomic E-state index is 11.3. The molecule has 1 aliphatic carbocycles. The van der Waals surface area contributed by atoms with E-state index in [1.165, 1.54) is 0 Å². The van der Waals surface area contributed by atoms with E-state index < -0.39 is 23.7 Å². The molecule has 0 aromatic rings. The summed E-state index contributed by atoms with van der Waals surface area (Å²) < 4.78 is 38.2. The molecule has 132 valence electrons. The summed E-state index contributed by atoms with van der Waals surface area (Å²) in [7, 11) is -5.67. The van der Waals surface area contributed by atoms with Crippen LogP contribution in [0.15, 0.2) is 0 Å². The van der Waals surface area contributed by atoms with E-state index in [4.69, 9.17) is 4.43 Å². The topological polar surface area (TPSA) is 63.6 Å². The Hall–Kier alpha value is 0.0869. The lowest BCUT2D eigenvalue weighted by molar-refractivity contribution is 0.0957. The minimum absolute atomic E-state index is 0.0753.